The number of fused-ring (bicyclic) bond motifs is 1. The molecule has 0 fully saturated rings. The van der Waals surface area contributed by atoms with E-state index in [-0.39, 0.29) is 10.8 Å². The average molecular weight is 478 g/mol. The monoisotopic (exact) mass is 477 g/mol. The van der Waals surface area contributed by atoms with Crippen LogP contribution >= 0.6 is 34.5 Å². The maximum absolute atomic E-state index is 12.5. The molecule has 1 aromatic heterocycles. The third-order valence-corrected chi connectivity index (χ3v) is 7.25. The van der Waals surface area contributed by atoms with Gasteiger partial charge in [0.25, 0.3) is 15.9 Å². The molecule has 30 heavy (non-hydrogen) atoms. The molecule has 0 aliphatic rings. The minimum absolute atomic E-state index is 0.154. The second kappa shape index (κ2) is 8.23. The quantitative estimate of drug-likeness (QED) is 0.388. The Bertz CT molecular complexity index is 1340. The minimum atomic E-state index is -3.70. The van der Waals surface area contributed by atoms with Gasteiger partial charge in [0.15, 0.2) is 5.13 Å². The van der Waals surface area contributed by atoms with Gasteiger partial charge >= 0.3 is 0 Å². The summed E-state index contributed by atoms with van der Waals surface area (Å²) in [6.45, 7) is 0. The van der Waals surface area contributed by atoms with E-state index < -0.39 is 10.0 Å². The molecule has 1 heterocycles. The summed E-state index contributed by atoms with van der Waals surface area (Å²) in [5.41, 5.74) is 1.22. The van der Waals surface area contributed by atoms with Crippen molar-refractivity contribution in [3.8, 4) is 0 Å². The summed E-state index contributed by atoms with van der Waals surface area (Å²) < 4.78 is 28.0. The molecule has 4 rings (SSSR count). The van der Waals surface area contributed by atoms with E-state index >= 15 is 0 Å². The number of halogens is 2. The second-order valence-corrected chi connectivity index (χ2v) is 9.68. The van der Waals surface area contributed by atoms with Crippen molar-refractivity contribution in [2.45, 2.75) is 4.90 Å². The Morgan fingerprint density at radius 2 is 1.63 bits per heavy atom. The molecule has 0 aliphatic carbocycles. The van der Waals surface area contributed by atoms with E-state index in [1.807, 2.05) is 0 Å². The lowest BCUT2D eigenvalue weighted by molar-refractivity contribution is 0.102. The van der Waals surface area contributed by atoms with Crippen molar-refractivity contribution in [3.05, 3.63) is 82.3 Å². The Kier molecular flexibility index (Phi) is 5.66. The Balaban J connectivity index is 1.49. The molecule has 0 radical (unpaired) electrons. The first-order valence-electron chi connectivity index (χ1n) is 8.57. The first-order chi connectivity index (χ1) is 14.3. The third-order valence-electron chi connectivity index (χ3n) is 4.13. The number of carbonyl (C=O) groups is 1. The molecule has 0 spiro atoms. The normalized spacial score (nSPS) is 11.4. The smallest absolute Gasteiger partial charge is 0.261 e. The Morgan fingerprint density at radius 1 is 0.933 bits per heavy atom. The van der Waals surface area contributed by atoms with Crippen LogP contribution in [0.5, 0.6) is 0 Å². The average Bonchev–Trinajstić information content (AvgIpc) is 3.15. The maximum Gasteiger partial charge on any atom is 0.261 e. The highest BCUT2D eigenvalue weighted by atomic mass is 35.5. The zero-order valence-corrected chi connectivity index (χ0v) is 18.2. The topological polar surface area (TPSA) is 88.2 Å². The van der Waals surface area contributed by atoms with E-state index in [2.05, 4.69) is 15.0 Å². The number of hydrogen-bond donors (Lipinski definition) is 2. The Labute approximate surface area is 186 Å². The van der Waals surface area contributed by atoms with E-state index in [9.17, 15) is 13.2 Å². The number of hydrogen-bond acceptors (Lipinski definition) is 5. The summed E-state index contributed by atoms with van der Waals surface area (Å²) in [7, 11) is -3.70. The highest BCUT2D eigenvalue weighted by molar-refractivity contribution is 7.92. The summed E-state index contributed by atoms with van der Waals surface area (Å²) in [6, 6.07) is 17.6. The summed E-state index contributed by atoms with van der Waals surface area (Å²) in [4.78, 5) is 17.0. The molecular formula is C20H13Cl2N3O3S2. The predicted octanol–water partition coefficient (Wildman–Crippen LogP) is 5.66. The van der Waals surface area contributed by atoms with E-state index in [0.717, 1.165) is 4.70 Å². The summed E-state index contributed by atoms with van der Waals surface area (Å²) >= 11 is 13.4. The van der Waals surface area contributed by atoms with Crippen LogP contribution in [0.4, 0.5) is 10.8 Å². The number of nitrogens with one attached hydrogen (secondary N) is 2. The van der Waals surface area contributed by atoms with Crippen molar-refractivity contribution in [1.82, 2.24) is 4.98 Å². The van der Waals surface area contributed by atoms with Gasteiger partial charge in [-0.05, 0) is 48.5 Å². The fraction of sp³-hybridized carbons (Fsp3) is 0. The molecule has 10 heteroatoms. The van der Waals surface area contributed by atoms with Crippen LogP contribution in [-0.4, -0.2) is 19.3 Å². The molecule has 6 nitrogen and oxygen atoms in total. The fourth-order valence-corrected chi connectivity index (χ4v) is 5.03. The first kappa shape index (κ1) is 20.6. The van der Waals surface area contributed by atoms with Crippen molar-refractivity contribution in [1.29, 1.82) is 0 Å². The van der Waals surface area contributed by atoms with Gasteiger partial charge in [-0.3, -0.25) is 14.8 Å². The molecule has 4 aromatic rings. The summed E-state index contributed by atoms with van der Waals surface area (Å²) in [5.74, 6) is -0.381. The number of benzene rings is 3. The van der Waals surface area contributed by atoms with Gasteiger partial charge in [0, 0.05) is 11.3 Å². The van der Waals surface area contributed by atoms with Gasteiger partial charge in [-0.15, -0.1) is 0 Å². The molecule has 1 amide bonds. The van der Waals surface area contributed by atoms with Gasteiger partial charge in [-0.1, -0.05) is 52.7 Å². The van der Waals surface area contributed by atoms with Gasteiger partial charge in [0.2, 0.25) is 0 Å². The van der Waals surface area contributed by atoms with Crippen LogP contribution in [0.25, 0.3) is 10.2 Å². The zero-order valence-electron chi connectivity index (χ0n) is 15.1. The van der Waals surface area contributed by atoms with Crippen LogP contribution in [0.1, 0.15) is 10.4 Å². The van der Waals surface area contributed by atoms with E-state index in [1.54, 1.807) is 30.3 Å². The van der Waals surface area contributed by atoms with Crippen LogP contribution < -0.4 is 10.0 Å². The number of sulfonamides is 1. The molecule has 3 aromatic carbocycles. The lowest BCUT2D eigenvalue weighted by atomic mass is 10.2. The Morgan fingerprint density at radius 3 is 2.33 bits per heavy atom. The largest absolute Gasteiger partial charge is 0.298 e. The van der Waals surface area contributed by atoms with Crippen molar-refractivity contribution in [2.75, 3.05) is 10.0 Å². The van der Waals surface area contributed by atoms with E-state index in [0.29, 0.717) is 31.9 Å². The van der Waals surface area contributed by atoms with Crippen LogP contribution in [0, 0.1) is 0 Å². The predicted molar refractivity (Wildman–Crippen MR) is 121 cm³/mol. The van der Waals surface area contributed by atoms with Crippen molar-refractivity contribution in [3.63, 3.8) is 0 Å². The highest BCUT2D eigenvalue weighted by Gasteiger charge is 2.15. The highest BCUT2D eigenvalue weighted by Crippen LogP contribution is 2.35. The lowest BCUT2D eigenvalue weighted by Gasteiger charge is -2.08. The SMILES string of the molecule is O=C(Nc1nc2c(Cl)c(Cl)ccc2s1)c1ccc(NS(=O)(=O)c2ccccc2)cc1. The lowest BCUT2D eigenvalue weighted by Crippen LogP contribution is -2.14. The van der Waals surface area contributed by atoms with Gasteiger partial charge in [0.1, 0.15) is 5.52 Å². The number of amides is 1. The molecule has 0 bridgehead atoms. The fourth-order valence-electron chi connectivity index (χ4n) is 2.66. The van der Waals surface area contributed by atoms with Gasteiger partial charge in [-0.25, -0.2) is 13.4 Å². The molecule has 0 unspecified atom stereocenters. The number of aromatic nitrogens is 1. The summed E-state index contributed by atoms with van der Waals surface area (Å²) in [6.07, 6.45) is 0. The van der Waals surface area contributed by atoms with Gasteiger partial charge in [-0.2, -0.15) is 0 Å². The first-order valence-corrected chi connectivity index (χ1v) is 11.6. The van der Waals surface area contributed by atoms with E-state index in [4.69, 9.17) is 23.2 Å². The maximum atomic E-state index is 12.5. The van der Waals surface area contributed by atoms with Crippen molar-refractivity contribution in [2.24, 2.45) is 0 Å². The number of thiazole rings is 1. The van der Waals surface area contributed by atoms with E-state index in [1.165, 1.54) is 47.7 Å². The number of nitrogens with zero attached hydrogens (tertiary/aromatic N) is 1. The molecular weight excluding hydrogens is 465 g/mol. The second-order valence-electron chi connectivity index (χ2n) is 6.18. The number of rotatable bonds is 5. The molecule has 0 atom stereocenters. The van der Waals surface area contributed by atoms with Crippen LogP contribution in [-0.2, 0) is 10.0 Å². The van der Waals surface area contributed by atoms with Crippen LogP contribution in [0.3, 0.4) is 0 Å². The van der Waals surface area contributed by atoms with Crippen LogP contribution in [0.2, 0.25) is 10.0 Å². The van der Waals surface area contributed by atoms with Crippen molar-refractivity contribution < 1.29 is 13.2 Å². The number of carbonyl (C=O) groups excluding carboxylic acids is 1. The molecule has 152 valence electrons. The van der Waals surface area contributed by atoms with Gasteiger partial charge < -0.3 is 0 Å². The minimum Gasteiger partial charge on any atom is -0.298 e. The van der Waals surface area contributed by atoms with Gasteiger partial charge in [0.05, 0.1) is 19.6 Å². The molecule has 0 aliphatic heterocycles. The third kappa shape index (κ3) is 4.27. The molecule has 2 N–H and O–H groups in total. The molecule has 0 saturated heterocycles. The Hall–Kier alpha value is -2.65. The molecule has 0 saturated carbocycles. The zero-order chi connectivity index (χ0) is 21.3. The van der Waals surface area contributed by atoms with Crippen molar-refractivity contribution >= 4 is 71.5 Å². The van der Waals surface area contributed by atoms with Crippen LogP contribution in [0.15, 0.2) is 71.6 Å². The number of anilines is 2. The standard InChI is InChI=1S/C20H13Cl2N3O3S2/c21-15-10-11-16-18(17(15)22)23-20(29-16)24-19(26)12-6-8-13(9-7-12)25-30(27,28)14-4-2-1-3-5-14/h1-11,25H,(H,23,24,26). The summed E-state index contributed by atoms with van der Waals surface area (Å²) in [5, 5.41) is 3.82.